The van der Waals surface area contributed by atoms with Crippen LogP contribution >= 0.6 is 0 Å². The fourth-order valence-corrected chi connectivity index (χ4v) is 2.74. The number of benzene rings is 1. The molecule has 1 aliphatic rings. The van der Waals surface area contributed by atoms with Crippen molar-refractivity contribution in [2.75, 3.05) is 13.1 Å². The van der Waals surface area contributed by atoms with Crippen molar-refractivity contribution in [3.63, 3.8) is 0 Å². The first kappa shape index (κ1) is 17.0. The number of hydrogen-bond donors (Lipinski definition) is 2. The van der Waals surface area contributed by atoms with Crippen molar-refractivity contribution in [2.24, 2.45) is 5.92 Å². The summed E-state index contributed by atoms with van der Waals surface area (Å²) in [6.45, 7) is 4.77. The van der Waals surface area contributed by atoms with Crippen molar-refractivity contribution in [3.8, 4) is 0 Å². The van der Waals surface area contributed by atoms with E-state index in [0.29, 0.717) is 19.5 Å². The zero-order chi connectivity index (χ0) is 17.0. The van der Waals surface area contributed by atoms with E-state index in [1.165, 1.54) is 6.07 Å². The summed E-state index contributed by atoms with van der Waals surface area (Å²) in [7, 11) is 0. The molecule has 6 nitrogen and oxygen atoms in total. The van der Waals surface area contributed by atoms with Gasteiger partial charge in [0.2, 0.25) is 11.8 Å². The topological polar surface area (TPSA) is 86.7 Å². The van der Waals surface area contributed by atoms with Crippen LogP contribution in [0.1, 0.15) is 36.2 Å². The van der Waals surface area contributed by atoms with Crippen molar-refractivity contribution in [1.29, 1.82) is 0 Å². The maximum Gasteiger partial charge on any atom is 0.335 e. The minimum atomic E-state index is -0.964. The molecule has 0 aliphatic carbocycles. The van der Waals surface area contributed by atoms with Gasteiger partial charge in [0.1, 0.15) is 0 Å². The van der Waals surface area contributed by atoms with Gasteiger partial charge in [0.15, 0.2) is 0 Å². The molecule has 2 N–H and O–H groups in total. The molecule has 0 spiro atoms. The van der Waals surface area contributed by atoms with Crippen LogP contribution < -0.4 is 5.32 Å². The maximum atomic E-state index is 12.1. The van der Waals surface area contributed by atoms with Gasteiger partial charge < -0.3 is 15.3 Å². The summed E-state index contributed by atoms with van der Waals surface area (Å²) < 4.78 is 0. The molecule has 0 bridgehead atoms. The number of nitrogens with one attached hydrogen (secondary N) is 1. The highest BCUT2D eigenvalue weighted by molar-refractivity contribution is 5.89. The Kier molecular flexibility index (Phi) is 5.36. The SMILES string of the molecule is CC(C)N1C[C@H](C(=O)NCCc2cccc(C(=O)O)c2)CC1=O. The van der Waals surface area contributed by atoms with Crippen LogP contribution in [0.5, 0.6) is 0 Å². The molecule has 1 heterocycles. The molecule has 2 rings (SSSR count). The molecule has 0 radical (unpaired) electrons. The maximum absolute atomic E-state index is 12.1. The van der Waals surface area contributed by atoms with Gasteiger partial charge >= 0.3 is 5.97 Å². The molecule has 2 amide bonds. The highest BCUT2D eigenvalue weighted by Crippen LogP contribution is 2.20. The minimum absolute atomic E-state index is 0.0225. The van der Waals surface area contributed by atoms with Crippen LogP contribution in [0.15, 0.2) is 24.3 Å². The first-order valence-corrected chi connectivity index (χ1v) is 7.78. The second kappa shape index (κ2) is 7.26. The lowest BCUT2D eigenvalue weighted by molar-refractivity contribution is -0.129. The molecule has 0 aromatic heterocycles. The third kappa shape index (κ3) is 4.31. The van der Waals surface area contributed by atoms with E-state index in [4.69, 9.17) is 5.11 Å². The number of hydrogen-bond acceptors (Lipinski definition) is 3. The molecule has 23 heavy (non-hydrogen) atoms. The summed E-state index contributed by atoms with van der Waals surface area (Å²) in [6, 6.07) is 6.78. The average Bonchev–Trinajstić information content (AvgIpc) is 2.89. The van der Waals surface area contributed by atoms with Gasteiger partial charge in [-0.1, -0.05) is 12.1 Å². The zero-order valence-electron chi connectivity index (χ0n) is 13.4. The molecule has 1 aliphatic heterocycles. The molecule has 124 valence electrons. The van der Waals surface area contributed by atoms with E-state index in [1.54, 1.807) is 17.0 Å². The second-order valence-corrected chi connectivity index (χ2v) is 6.09. The number of carbonyl (C=O) groups is 3. The minimum Gasteiger partial charge on any atom is -0.478 e. The Hall–Kier alpha value is -2.37. The summed E-state index contributed by atoms with van der Waals surface area (Å²) in [5.74, 6) is -1.35. The van der Waals surface area contributed by atoms with Crippen LogP contribution in [0, 0.1) is 5.92 Å². The van der Waals surface area contributed by atoms with Gasteiger partial charge in [0.25, 0.3) is 0 Å². The summed E-state index contributed by atoms with van der Waals surface area (Å²) in [6.07, 6.45) is 0.819. The number of likely N-dealkylation sites (tertiary alicyclic amines) is 1. The highest BCUT2D eigenvalue weighted by Gasteiger charge is 2.35. The highest BCUT2D eigenvalue weighted by atomic mass is 16.4. The van der Waals surface area contributed by atoms with Crippen molar-refractivity contribution in [2.45, 2.75) is 32.7 Å². The lowest BCUT2D eigenvalue weighted by Gasteiger charge is -2.20. The Bertz CT molecular complexity index is 612. The largest absolute Gasteiger partial charge is 0.478 e. The first-order chi connectivity index (χ1) is 10.9. The number of carboxylic acids is 1. The fourth-order valence-electron chi connectivity index (χ4n) is 2.74. The fraction of sp³-hybridized carbons (Fsp3) is 0.471. The van der Waals surface area contributed by atoms with Crippen molar-refractivity contribution < 1.29 is 19.5 Å². The molecule has 1 atom stereocenters. The number of rotatable bonds is 6. The summed E-state index contributed by atoms with van der Waals surface area (Å²) in [4.78, 5) is 36.6. The first-order valence-electron chi connectivity index (χ1n) is 7.78. The van der Waals surface area contributed by atoms with E-state index in [0.717, 1.165) is 5.56 Å². The Morgan fingerprint density at radius 3 is 2.74 bits per heavy atom. The van der Waals surface area contributed by atoms with E-state index >= 15 is 0 Å². The van der Waals surface area contributed by atoms with E-state index < -0.39 is 5.97 Å². The van der Waals surface area contributed by atoms with Crippen molar-refractivity contribution in [1.82, 2.24) is 10.2 Å². The predicted molar refractivity (Wildman–Crippen MR) is 85.1 cm³/mol. The normalized spacial score (nSPS) is 17.6. The molecule has 1 fully saturated rings. The average molecular weight is 318 g/mol. The number of amides is 2. The molecular formula is C17H22N2O4. The van der Waals surface area contributed by atoms with Crippen LogP contribution in [0.2, 0.25) is 0 Å². The number of aromatic carboxylic acids is 1. The van der Waals surface area contributed by atoms with Gasteiger partial charge in [0, 0.05) is 25.6 Å². The summed E-state index contributed by atoms with van der Waals surface area (Å²) in [5.41, 5.74) is 1.10. The van der Waals surface area contributed by atoms with Gasteiger partial charge in [-0.05, 0) is 38.0 Å². The second-order valence-electron chi connectivity index (χ2n) is 6.09. The molecular weight excluding hydrogens is 296 g/mol. The lowest BCUT2D eigenvalue weighted by Crippen LogP contribution is -2.36. The van der Waals surface area contributed by atoms with Crippen LogP contribution in [-0.4, -0.2) is 46.9 Å². The van der Waals surface area contributed by atoms with Gasteiger partial charge in [-0.25, -0.2) is 4.79 Å². The smallest absolute Gasteiger partial charge is 0.335 e. The van der Waals surface area contributed by atoms with E-state index in [9.17, 15) is 14.4 Å². The Labute approximate surface area is 135 Å². The molecule has 1 aromatic carbocycles. The summed E-state index contributed by atoms with van der Waals surface area (Å²) >= 11 is 0. The van der Waals surface area contributed by atoms with Crippen LogP contribution in [0.3, 0.4) is 0 Å². The van der Waals surface area contributed by atoms with E-state index in [2.05, 4.69) is 5.32 Å². The van der Waals surface area contributed by atoms with E-state index in [1.807, 2.05) is 19.9 Å². The van der Waals surface area contributed by atoms with Crippen LogP contribution in [0.25, 0.3) is 0 Å². The molecule has 0 saturated carbocycles. The number of carbonyl (C=O) groups excluding carboxylic acids is 2. The zero-order valence-corrected chi connectivity index (χ0v) is 13.4. The van der Waals surface area contributed by atoms with E-state index in [-0.39, 0.29) is 35.8 Å². The van der Waals surface area contributed by atoms with Gasteiger partial charge in [-0.15, -0.1) is 0 Å². The quantitative estimate of drug-likeness (QED) is 0.828. The Morgan fingerprint density at radius 2 is 2.13 bits per heavy atom. The monoisotopic (exact) mass is 318 g/mol. The third-order valence-corrected chi connectivity index (χ3v) is 4.04. The molecule has 6 heteroatoms. The number of nitrogens with zero attached hydrogens (tertiary/aromatic N) is 1. The van der Waals surface area contributed by atoms with Gasteiger partial charge in [0.05, 0.1) is 11.5 Å². The number of carboxylic acid groups (broad SMARTS) is 1. The molecule has 1 aromatic rings. The molecule has 1 saturated heterocycles. The third-order valence-electron chi connectivity index (χ3n) is 4.04. The Balaban J connectivity index is 1.83. The predicted octanol–water partition coefficient (Wildman–Crippen LogP) is 1.30. The Morgan fingerprint density at radius 1 is 1.39 bits per heavy atom. The van der Waals surface area contributed by atoms with Crippen molar-refractivity contribution in [3.05, 3.63) is 35.4 Å². The standard InChI is InChI=1S/C17H22N2O4/c1-11(2)19-10-14(9-15(19)20)16(21)18-7-6-12-4-3-5-13(8-12)17(22)23/h3-5,8,11,14H,6-7,9-10H2,1-2H3,(H,18,21)(H,22,23)/t14-/m1/s1. The van der Waals surface area contributed by atoms with Crippen LogP contribution in [-0.2, 0) is 16.0 Å². The van der Waals surface area contributed by atoms with Gasteiger partial charge in [-0.3, -0.25) is 9.59 Å². The lowest BCUT2D eigenvalue weighted by atomic mass is 10.1. The summed E-state index contributed by atoms with van der Waals surface area (Å²) in [5, 5.41) is 11.8. The van der Waals surface area contributed by atoms with Crippen LogP contribution in [0.4, 0.5) is 0 Å². The van der Waals surface area contributed by atoms with Crippen molar-refractivity contribution >= 4 is 17.8 Å². The van der Waals surface area contributed by atoms with Gasteiger partial charge in [-0.2, -0.15) is 0 Å². The molecule has 0 unspecified atom stereocenters.